The maximum absolute atomic E-state index is 11.7. The number of carbonyl (C=O) groups excluding carboxylic acids is 1. The van der Waals surface area contributed by atoms with Gasteiger partial charge in [-0.2, -0.15) is 5.10 Å². The number of phenols is 1. The molecule has 0 bridgehead atoms. The van der Waals surface area contributed by atoms with Gasteiger partial charge in [0.05, 0.1) is 11.9 Å². The molecule has 8 nitrogen and oxygen atoms in total. The van der Waals surface area contributed by atoms with E-state index in [2.05, 4.69) is 15.7 Å². The maximum Gasteiger partial charge on any atom is 0.339 e. The molecule has 0 aliphatic heterocycles. The summed E-state index contributed by atoms with van der Waals surface area (Å²) in [6.45, 7) is 0. The number of hydrogen-bond donors (Lipinski definition) is 4. The molecule has 2 rings (SSSR count). The number of benzene rings is 1. The Morgan fingerprint density at radius 3 is 2.55 bits per heavy atom. The van der Waals surface area contributed by atoms with E-state index < -0.39 is 12.0 Å². The summed E-state index contributed by atoms with van der Waals surface area (Å²) in [5, 5.41) is 27.1. The van der Waals surface area contributed by atoms with E-state index in [0.29, 0.717) is 5.69 Å². The minimum atomic E-state index is -1.28. The predicted molar refractivity (Wildman–Crippen MR) is 70.9 cm³/mol. The number of hydrogen-bond acceptors (Lipinski definition) is 4. The molecule has 0 radical (unpaired) electrons. The summed E-state index contributed by atoms with van der Waals surface area (Å²) in [4.78, 5) is 22.5. The number of nitrogens with one attached hydrogen (secondary N) is 2. The van der Waals surface area contributed by atoms with E-state index in [9.17, 15) is 14.7 Å². The van der Waals surface area contributed by atoms with Gasteiger partial charge in [-0.15, -0.1) is 0 Å². The van der Waals surface area contributed by atoms with Crippen LogP contribution in [-0.2, 0) is 7.05 Å². The average Bonchev–Trinajstić information content (AvgIpc) is 2.76. The minimum Gasteiger partial charge on any atom is -0.507 e. The van der Waals surface area contributed by atoms with Crippen LogP contribution in [0.5, 0.6) is 5.75 Å². The summed E-state index contributed by atoms with van der Waals surface area (Å²) in [7, 11) is 1.71. The first kappa shape index (κ1) is 13.4. The molecule has 0 aliphatic rings. The van der Waals surface area contributed by atoms with Crippen LogP contribution in [-0.4, -0.2) is 32.0 Å². The molecular formula is C12H12N4O4. The Kier molecular flexibility index (Phi) is 3.56. The summed E-state index contributed by atoms with van der Waals surface area (Å²) < 4.78 is 1.53. The molecule has 2 aromatic rings. The molecule has 0 saturated carbocycles. The van der Waals surface area contributed by atoms with Gasteiger partial charge in [0.25, 0.3) is 0 Å². The molecule has 1 aromatic heterocycles. The minimum absolute atomic E-state index is 0.251. The molecule has 20 heavy (non-hydrogen) atoms. The second-order valence-electron chi connectivity index (χ2n) is 4.02. The molecule has 0 aliphatic carbocycles. The number of aromatic carboxylic acids is 1. The molecule has 4 N–H and O–H groups in total. The lowest BCUT2D eigenvalue weighted by molar-refractivity contribution is 0.0693. The van der Waals surface area contributed by atoms with E-state index in [1.165, 1.54) is 29.1 Å². The molecule has 1 heterocycles. The van der Waals surface area contributed by atoms with Gasteiger partial charge in [-0.25, -0.2) is 9.59 Å². The molecule has 0 fully saturated rings. The van der Waals surface area contributed by atoms with Gasteiger partial charge >= 0.3 is 12.0 Å². The third kappa shape index (κ3) is 3.05. The van der Waals surface area contributed by atoms with E-state index in [1.54, 1.807) is 13.2 Å². The van der Waals surface area contributed by atoms with Crippen LogP contribution in [0.2, 0.25) is 0 Å². The molecule has 104 valence electrons. The van der Waals surface area contributed by atoms with Crippen molar-refractivity contribution in [3.05, 3.63) is 36.2 Å². The van der Waals surface area contributed by atoms with E-state index in [1.807, 2.05) is 0 Å². The van der Waals surface area contributed by atoms with E-state index in [-0.39, 0.29) is 17.0 Å². The Morgan fingerprint density at radius 2 is 1.95 bits per heavy atom. The summed E-state index contributed by atoms with van der Waals surface area (Å²) in [6, 6.07) is 3.22. The number of carbonyl (C=O) groups is 2. The van der Waals surface area contributed by atoms with Crippen LogP contribution >= 0.6 is 0 Å². The summed E-state index contributed by atoms with van der Waals surface area (Å²) >= 11 is 0. The average molecular weight is 276 g/mol. The molecule has 0 unspecified atom stereocenters. The highest BCUT2D eigenvalue weighted by atomic mass is 16.4. The van der Waals surface area contributed by atoms with Crippen LogP contribution in [0.15, 0.2) is 30.6 Å². The molecule has 0 atom stereocenters. The Bertz CT molecular complexity index is 665. The number of carboxylic acid groups (broad SMARTS) is 1. The van der Waals surface area contributed by atoms with Crippen molar-refractivity contribution in [2.75, 3.05) is 10.6 Å². The van der Waals surface area contributed by atoms with Crippen LogP contribution in [0.4, 0.5) is 16.2 Å². The van der Waals surface area contributed by atoms with Crippen LogP contribution in [0.1, 0.15) is 10.4 Å². The second kappa shape index (κ2) is 5.31. The van der Waals surface area contributed by atoms with E-state index in [0.717, 1.165) is 0 Å². The van der Waals surface area contributed by atoms with Crippen molar-refractivity contribution in [2.24, 2.45) is 7.05 Å². The highest BCUT2D eigenvalue weighted by Crippen LogP contribution is 2.21. The fourth-order valence-electron chi connectivity index (χ4n) is 1.56. The van der Waals surface area contributed by atoms with Crippen LogP contribution in [0.25, 0.3) is 0 Å². The number of aryl methyl sites for hydroxylation is 1. The third-order valence-corrected chi connectivity index (χ3v) is 2.45. The number of urea groups is 1. The smallest absolute Gasteiger partial charge is 0.339 e. The first-order chi connectivity index (χ1) is 9.45. The number of aromatic nitrogens is 2. The Hall–Kier alpha value is -3.03. The number of aromatic hydroxyl groups is 1. The van der Waals surface area contributed by atoms with Crippen molar-refractivity contribution < 1.29 is 19.8 Å². The summed E-state index contributed by atoms with van der Waals surface area (Å²) in [5.74, 6) is -1.64. The zero-order chi connectivity index (χ0) is 14.7. The van der Waals surface area contributed by atoms with Crippen molar-refractivity contribution in [3.8, 4) is 5.75 Å². The highest BCUT2D eigenvalue weighted by molar-refractivity contribution is 6.01. The normalized spacial score (nSPS) is 10.1. The number of rotatable bonds is 3. The molecule has 0 spiro atoms. The van der Waals surface area contributed by atoms with Gasteiger partial charge in [0.1, 0.15) is 11.3 Å². The van der Waals surface area contributed by atoms with Crippen molar-refractivity contribution in [3.63, 3.8) is 0 Å². The molecule has 0 saturated heterocycles. The van der Waals surface area contributed by atoms with Crippen molar-refractivity contribution in [1.29, 1.82) is 0 Å². The Labute approximate surface area is 113 Å². The molecular weight excluding hydrogens is 264 g/mol. The molecule has 8 heteroatoms. The highest BCUT2D eigenvalue weighted by Gasteiger charge is 2.11. The van der Waals surface area contributed by atoms with Crippen molar-refractivity contribution >= 4 is 23.4 Å². The van der Waals surface area contributed by atoms with Gasteiger partial charge in [-0.1, -0.05) is 0 Å². The SMILES string of the molecule is Cn1cc(NC(=O)Nc2ccc(O)c(C(=O)O)c2)cn1. The second-order valence-corrected chi connectivity index (χ2v) is 4.02. The van der Waals surface area contributed by atoms with Gasteiger partial charge in [0.2, 0.25) is 0 Å². The van der Waals surface area contributed by atoms with E-state index >= 15 is 0 Å². The summed E-state index contributed by atoms with van der Waals surface area (Å²) in [6.07, 6.45) is 3.08. The largest absolute Gasteiger partial charge is 0.507 e. The molecule has 2 amide bonds. The van der Waals surface area contributed by atoms with Crippen LogP contribution in [0.3, 0.4) is 0 Å². The van der Waals surface area contributed by atoms with Gasteiger partial charge in [-0.3, -0.25) is 4.68 Å². The number of anilines is 2. The van der Waals surface area contributed by atoms with Crippen molar-refractivity contribution in [1.82, 2.24) is 9.78 Å². The fourth-order valence-corrected chi connectivity index (χ4v) is 1.56. The fraction of sp³-hybridized carbons (Fsp3) is 0.0833. The number of nitrogens with zero attached hydrogens (tertiary/aromatic N) is 2. The lowest BCUT2D eigenvalue weighted by atomic mass is 10.2. The first-order valence-corrected chi connectivity index (χ1v) is 5.58. The number of amides is 2. The quantitative estimate of drug-likeness (QED) is 0.633. The van der Waals surface area contributed by atoms with Gasteiger partial charge in [-0.05, 0) is 18.2 Å². The van der Waals surface area contributed by atoms with Gasteiger partial charge in [0.15, 0.2) is 0 Å². The lowest BCUT2D eigenvalue weighted by Crippen LogP contribution is -2.19. The maximum atomic E-state index is 11.7. The van der Waals surface area contributed by atoms with Crippen LogP contribution < -0.4 is 10.6 Å². The topological polar surface area (TPSA) is 116 Å². The van der Waals surface area contributed by atoms with Gasteiger partial charge in [0, 0.05) is 18.9 Å². The number of carboxylic acids is 1. The third-order valence-electron chi connectivity index (χ3n) is 2.45. The first-order valence-electron chi connectivity index (χ1n) is 5.58. The zero-order valence-electron chi connectivity index (χ0n) is 10.5. The Morgan fingerprint density at radius 1 is 1.25 bits per heavy atom. The molecule has 1 aromatic carbocycles. The van der Waals surface area contributed by atoms with Gasteiger partial charge < -0.3 is 20.8 Å². The zero-order valence-corrected chi connectivity index (χ0v) is 10.5. The Balaban J connectivity index is 2.08. The van der Waals surface area contributed by atoms with E-state index in [4.69, 9.17) is 5.11 Å². The van der Waals surface area contributed by atoms with Crippen LogP contribution in [0, 0.1) is 0 Å². The predicted octanol–water partition coefficient (Wildman–Crippen LogP) is 1.47. The standard InChI is InChI=1S/C12H12N4O4/c1-16-6-8(5-13-16)15-12(20)14-7-2-3-10(17)9(4-7)11(18)19/h2-6,17H,1H3,(H,18,19)(H2,14,15,20). The van der Waals surface area contributed by atoms with Crippen molar-refractivity contribution in [2.45, 2.75) is 0 Å². The lowest BCUT2D eigenvalue weighted by Gasteiger charge is -2.07. The monoisotopic (exact) mass is 276 g/mol. The summed E-state index contributed by atoms with van der Waals surface area (Å²) in [5.41, 5.74) is 0.466.